The molecule has 116 valence electrons. The van der Waals surface area contributed by atoms with Gasteiger partial charge < -0.3 is 14.8 Å². The summed E-state index contributed by atoms with van der Waals surface area (Å²) in [5, 5.41) is 7.86. The Kier molecular flexibility index (Phi) is 4.81. The van der Waals surface area contributed by atoms with E-state index in [2.05, 4.69) is 5.32 Å². The van der Waals surface area contributed by atoms with Gasteiger partial charge >= 0.3 is 0 Å². The second kappa shape index (κ2) is 6.42. The average Bonchev–Trinajstić information content (AvgIpc) is 2.97. The minimum absolute atomic E-state index is 0.0169. The molecule has 1 heterocycles. The third-order valence-corrected chi connectivity index (χ3v) is 4.24. The van der Waals surface area contributed by atoms with Gasteiger partial charge in [-0.15, -0.1) is 0 Å². The number of benzene rings is 1. The highest BCUT2D eigenvalue weighted by molar-refractivity contribution is 7.89. The summed E-state index contributed by atoms with van der Waals surface area (Å²) in [7, 11) is -2.32. The van der Waals surface area contributed by atoms with Crippen LogP contribution in [0.15, 0.2) is 23.1 Å². The van der Waals surface area contributed by atoms with Crippen LogP contribution in [0.3, 0.4) is 0 Å². The van der Waals surface area contributed by atoms with Gasteiger partial charge in [-0.05, 0) is 24.6 Å². The van der Waals surface area contributed by atoms with Gasteiger partial charge in [-0.2, -0.15) is 0 Å². The number of hydrogen-bond donors (Lipinski definition) is 2. The second-order valence-corrected chi connectivity index (χ2v) is 6.36. The molecular weight excluding hydrogens is 296 g/mol. The SMILES string of the molecule is COc1ccc(S(N)(=O)=O)cc1CNC(=O)C1CCOC1. The van der Waals surface area contributed by atoms with Gasteiger partial charge in [0, 0.05) is 18.7 Å². The van der Waals surface area contributed by atoms with Crippen molar-refractivity contribution in [1.82, 2.24) is 5.32 Å². The number of hydrogen-bond acceptors (Lipinski definition) is 5. The Hall–Kier alpha value is -1.64. The summed E-state index contributed by atoms with van der Waals surface area (Å²) < 4.78 is 33.0. The molecule has 0 aliphatic carbocycles. The molecular formula is C13H18N2O5S. The predicted octanol–water partition coefficient (Wildman–Crippen LogP) is -0.00470. The van der Waals surface area contributed by atoms with Crippen molar-refractivity contribution < 1.29 is 22.7 Å². The first-order valence-corrected chi connectivity index (χ1v) is 8.01. The number of rotatable bonds is 5. The first kappa shape index (κ1) is 15.7. The minimum atomic E-state index is -3.79. The van der Waals surface area contributed by atoms with Crippen molar-refractivity contribution in [2.45, 2.75) is 17.9 Å². The van der Waals surface area contributed by atoms with E-state index in [9.17, 15) is 13.2 Å². The van der Waals surface area contributed by atoms with Gasteiger partial charge in [-0.3, -0.25) is 4.79 Å². The lowest BCUT2D eigenvalue weighted by atomic mass is 10.1. The van der Waals surface area contributed by atoms with E-state index in [1.54, 1.807) is 0 Å². The highest BCUT2D eigenvalue weighted by atomic mass is 32.2. The van der Waals surface area contributed by atoms with E-state index >= 15 is 0 Å². The summed E-state index contributed by atoms with van der Waals surface area (Å²) in [4.78, 5) is 11.9. The molecule has 1 unspecified atom stereocenters. The lowest BCUT2D eigenvalue weighted by Gasteiger charge is -2.13. The van der Waals surface area contributed by atoms with Crippen molar-refractivity contribution in [3.63, 3.8) is 0 Å². The Bertz CT molecular complexity index is 623. The van der Waals surface area contributed by atoms with Crippen LogP contribution in [-0.2, 0) is 26.1 Å². The van der Waals surface area contributed by atoms with E-state index in [0.717, 1.165) is 0 Å². The molecule has 8 heteroatoms. The number of nitrogens with two attached hydrogens (primary N) is 1. The van der Waals surface area contributed by atoms with Crippen LogP contribution in [0.2, 0.25) is 0 Å². The van der Waals surface area contributed by atoms with Crippen molar-refractivity contribution in [2.24, 2.45) is 11.1 Å². The summed E-state index contributed by atoms with van der Waals surface area (Å²) in [6.45, 7) is 1.17. The van der Waals surface area contributed by atoms with Crippen LogP contribution in [0.4, 0.5) is 0 Å². The molecule has 3 N–H and O–H groups in total. The van der Waals surface area contributed by atoms with Gasteiger partial charge in [0.05, 0.1) is 24.5 Å². The molecule has 1 aliphatic rings. The Labute approximate surface area is 123 Å². The summed E-state index contributed by atoms with van der Waals surface area (Å²) >= 11 is 0. The number of nitrogens with one attached hydrogen (secondary N) is 1. The lowest BCUT2D eigenvalue weighted by Crippen LogP contribution is -2.30. The van der Waals surface area contributed by atoms with E-state index in [4.69, 9.17) is 14.6 Å². The largest absolute Gasteiger partial charge is 0.496 e. The van der Waals surface area contributed by atoms with E-state index in [1.807, 2.05) is 0 Å². The minimum Gasteiger partial charge on any atom is -0.496 e. The normalized spacial score (nSPS) is 18.5. The van der Waals surface area contributed by atoms with Crippen molar-refractivity contribution in [3.05, 3.63) is 23.8 Å². The monoisotopic (exact) mass is 314 g/mol. The van der Waals surface area contributed by atoms with Crippen molar-refractivity contribution in [2.75, 3.05) is 20.3 Å². The van der Waals surface area contributed by atoms with Crippen LogP contribution in [0.1, 0.15) is 12.0 Å². The molecule has 0 radical (unpaired) electrons. The van der Waals surface area contributed by atoms with Crippen molar-refractivity contribution in [3.8, 4) is 5.75 Å². The molecule has 1 amide bonds. The fourth-order valence-corrected chi connectivity index (χ4v) is 2.70. The summed E-state index contributed by atoms with van der Waals surface area (Å²) in [6.07, 6.45) is 0.695. The number of ether oxygens (including phenoxy) is 2. The predicted molar refractivity (Wildman–Crippen MR) is 75.1 cm³/mol. The third kappa shape index (κ3) is 3.93. The Balaban J connectivity index is 2.12. The van der Waals surface area contributed by atoms with Gasteiger partial charge in [0.1, 0.15) is 5.75 Å². The summed E-state index contributed by atoms with van der Waals surface area (Å²) in [5.74, 6) is 0.221. The maximum Gasteiger partial charge on any atom is 0.238 e. The number of carbonyl (C=O) groups is 1. The van der Waals surface area contributed by atoms with E-state index in [1.165, 1.54) is 25.3 Å². The molecule has 1 fully saturated rings. The molecule has 21 heavy (non-hydrogen) atoms. The van der Waals surface area contributed by atoms with Gasteiger partial charge in [0.25, 0.3) is 0 Å². The van der Waals surface area contributed by atoms with Crippen molar-refractivity contribution in [1.29, 1.82) is 0 Å². The van der Waals surface area contributed by atoms with Crippen LogP contribution < -0.4 is 15.2 Å². The number of sulfonamides is 1. The van der Waals surface area contributed by atoms with Crippen molar-refractivity contribution >= 4 is 15.9 Å². The molecule has 0 saturated carbocycles. The highest BCUT2D eigenvalue weighted by Crippen LogP contribution is 2.22. The van der Waals surface area contributed by atoms with Crippen LogP contribution >= 0.6 is 0 Å². The summed E-state index contributed by atoms with van der Waals surface area (Å²) in [5.41, 5.74) is 0.552. The van der Waals surface area contributed by atoms with Gasteiger partial charge in [-0.25, -0.2) is 13.6 Å². The standard InChI is InChI=1S/C13H18N2O5S/c1-19-12-3-2-11(21(14,17)18)6-10(12)7-15-13(16)9-4-5-20-8-9/h2-3,6,9H,4-5,7-8H2,1H3,(H,15,16)(H2,14,17,18). The molecule has 7 nitrogen and oxygen atoms in total. The topological polar surface area (TPSA) is 108 Å². The second-order valence-electron chi connectivity index (χ2n) is 4.80. The number of primary sulfonamides is 1. The zero-order valence-electron chi connectivity index (χ0n) is 11.7. The zero-order chi connectivity index (χ0) is 15.5. The molecule has 0 spiro atoms. The zero-order valence-corrected chi connectivity index (χ0v) is 12.5. The summed E-state index contributed by atoms with van der Waals surface area (Å²) in [6, 6.07) is 4.28. The Morgan fingerprint density at radius 3 is 2.86 bits per heavy atom. The molecule has 1 aromatic carbocycles. The smallest absolute Gasteiger partial charge is 0.238 e. The van der Waals surface area contributed by atoms with Crippen LogP contribution in [0.25, 0.3) is 0 Å². The molecule has 1 aliphatic heterocycles. The molecule has 0 aromatic heterocycles. The van der Waals surface area contributed by atoms with E-state index in [0.29, 0.717) is 30.9 Å². The maximum absolute atomic E-state index is 11.9. The third-order valence-electron chi connectivity index (χ3n) is 3.33. The Morgan fingerprint density at radius 2 is 2.29 bits per heavy atom. The van der Waals surface area contributed by atoms with Crippen LogP contribution in [0.5, 0.6) is 5.75 Å². The molecule has 1 aromatic rings. The molecule has 1 atom stereocenters. The maximum atomic E-state index is 11.9. The molecule has 1 saturated heterocycles. The van der Waals surface area contributed by atoms with Gasteiger partial charge in [0.15, 0.2) is 0 Å². The first-order valence-electron chi connectivity index (χ1n) is 6.47. The van der Waals surface area contributed by atoms with E-state index in [-0.39, 0.29) is 23.3 Å². The number of methoxy groups -OCH3 is 1. The van der Waals surface area contributed by atoms with Crippen LogP contribution in [-0.4, -0.2) is 34.6 Å². The average molecular weight is 314 g/mol. The first-order chi connectivity index (χ1) is 9.91. The van der Waals surface area contributed by atoms with Gasteiger partial charge in [-0.1, -0.05) is 0 Å². The highest BCUT2D eigenvalue weighted by Gasteiger charge is 2.23. The number of carbonyl (C=O) groups excluding carboxylic acids is 1. The fraction of sp³-hybridized carbons (Fsp3) is 0.462. The van der Waals surface area contributed by atoms with E-state index < -0.39 is 10.0 Å². The Morgan fingerprint density at radius 1 is 1.52 bits per heavy atom. The quantitative estimate of drug-likeness (QED) is 0.795. The van der Waals surface area contributed by atoms with Gasteiger partial charge in [0.2, 0.25) is 15.9 Å². The lowest BCUT2D eigenvalue weighted by molar-refractivity contribution is -0.125. The molecule has 2 rings (SSSR count). The molecule has 0 bridgehead atoms. The van der Waals surface area contributed by atoms with Crippen LogP contribution in [0, 0.1) is 5.92 Å². The fourth-order valence-electron chi connectivity index (χ4n) is 2.14. The number of amides is 1.